The minimum Gasteiger partial charge on any atom is -0.416 e. The Labute approximate surface area is 109 Å². The first-order chi connectivity index (χ1) is 8.54. The van der Waals surface area contributed by atoms with Crippen LogP contribution in [0, 0.1) is 12.7 Å². The molecule has 2 N–H and O–H groups in total. The molecule has 0 amide bonds. The Morgan fingerprint density at radius 1 is 1.44 bits per heavy atom. The van der Waals surface area contributed by atoms with Crippen molar-refractivity contribution in [2.75, 3.05) is 0 Å². The third kappa shape index (κ3) is 3.30. The van der Waals surface area contributed by atoms with Crippen molar-refractivity contribution in [2.45, 2.75) is 36.4 Å². The first-order valence-electron chi connectivity index (χ1n) is 5.56. The molecule has 0 saturated carbocycles. The molecule has 1 atom stereocenters. The molecule has 96 valence electrons. The van der Waals surface area contributed by atoms with Crippen LogP contribution in [0.5, 0.6) is 0 Å². The van der Waals surface area contributed by atoms with Crippen LogP contribution >= 0.6 is 11.8 Å². The van der Waals surface area contributed by atoms with E-state index in [0.29, 0.717) is 22.4 Å². The molecular weight excluding hydrogens is 253 g/mol. The molecule has 4 nitrogen and oxygen atoms in total. The third-order valence-corrected chi connectivity index (χ3v) is 3.15. The predicted octanol–water partition coefficient (Wildman–Crippen LogP) is 2.56. The average Bonchev–Trinajstić information content (AvgIpc) is 2.67. The SMILES string of the molecule is Cc1nnc(Sc2ccc(CC(C)N)cc2F)o1. The number of hydrogen-bond donors (Lipinski definition) is 1. The van der Waals surface area contributed by atoms with Gasteiger partial charge in [-0.1, -0.05) is 6.07 Å². The highest BCUT2D eigenvalue weighted by atomic mass is 32.2. The zero-order chi connectivity index (χ0) is 13.1. The van der Waals surface area contributed by atoms with E-state index in [0.717, 1.165) is 17.3 Å². The molecule has 1 aromatic carbocycles. The van der Waals surface area contributed by atoms with Crippen molar-refractivity contribution < 1.29 is 8.81 Å². The maximum absolute atomic E-state index is 13.8. The Bertz CT molecular complexity index is 542. The van der Waals surface area contributed by atoms with Crippen LogP contribution < -0.4 is 5.73 Å². The van der Waals surface area contributed by atoms with Gasteiger partial charge in [0.05, 0.1) is 4.90 Å². The van der Waals surface area contributed by atoms with Crippen LogP contribution in [0.25, 0.3) is 0 Å². The highest BCUT2D eigenvalue weighted by molar-refractivity contribution is 7.99. The Morgan fingerprint density at radius 2 is 2.22 bits per heavy atom. The minimum atomic E-state index is -0.297. The summed E-state index contributed by atoms with van der Waals surface area (Å²) < 4.78 is 19.0. The van der Waals surface area contributed by atoms with E-state index in [1.165, 1.54) is 6.07 Å². The lowest BCUT2D eigenvalue weighted by Crippen LogP contribution is -2.17. The molecule has 0 radical (unpaired) electrons. The summed E-state index contributed by atoms with van der Waals surface area (Å²) in [6, 6.07) is 5.07. The normalized spacial score (nSPS) is 12.7. The quantitative estimate of drug-likeness (QED) is 0.922. The summed E-state index contributed by atoms with van der Waals surface area (Å²) in [6.45, 7) is 3.58. The lowest BCUT2D eigenvalue weighted by molar-refractivity contribution is 0.429. The summed E-state index contributed by atoms with van der Waals surface area (Å²) in [6.07, 6.45) is 0.654. The largest absolute Gasteiger partial charge is 0.416 e. The molecule has 6 heteroatoms. The van der Waals surface area contributed by atoms with Gasteiger partial charge in [0, 0.05) is 13.0 Å². The maximum Gasteiger partial charge on any atom is 0.281 e. The van der Waals surface area contributed by atoms with Crippen LogP contribution in [0.3, 0.4) is 0 Å². The van der Waals surface area contributed by atoms with Crippen LogP contribution in [-0.2, 0) is 6.42 Å². The highest BCUT2D eigenvalue weighted by Gasteiger charge is 2.10. The van der Waals surface area contributed by atoms with Gasteiger partial charge in [0.2, 0.25) is 5.89 Å². The number of rotatable bonds is 4. The van der Waals surface area contributed by atoms with Crippen LogP contribution in [0.2, 0.25) is 0 Å². The average molecular weight is 267 g/mol. The second-order valence-electron chi connectivity index (χ2n) is 4.14. The van der Waals surface area contributed by atoms with E-state index >= 15 is 0 Å². The standard InChI is InChI=1S/C12H14FN3OS/c1-7(14)5-9-3-4-11(10(13)6-9)18-12-16-15-8(2)17-12/h3-4,6-7H,5,14H2,1-2H3. The van der Waals surface area contributed by atoms with Crippen molar-refractivity contribution >= 4 is 11.8 Å². The summed E-state index contributed by atoms with van der Waals surface area (Å²) in [5, 5.41) is 7.84. The van der Waals surface area contributed by atoms with Gasteiger partial charge < -0.3 is 10.2 Å². The maximum atomic E-state index is 13.8. The van der Waals surface area contributed by atoms with Crippen molar-refractivity contribution in [1.82, 2.24) is 10.2 Å². The van der Waals surface area contributed by atoms with E-state index < -0.39 is 0 Å². The van der Waals surface area contributed by atoms with E-state index in [2.05, 4.69) is 10.2 Å². The lowest BCUT2D eigenvalue weighted by Gasteiger charge is -2.06. The molecular formula is C12H14FN3OS. The van der Waals surface area contributed by atoms with Crippen molar-refractivity contribution in [1.29, 1.82) is 0 Å². The van der Waals surface area contributed by atoms with Gasteiger partial charge in [0.25, 0.3) is 5.22 Å². The Balaban J connectivity index is 2.14. The van der Waals surface area contributed by atoms with Crippen molar-refractivity contribution in [2.24, 2.45) is 5.73 Å². The fourth-order valence-corrected chi connectivity index (χ4v) is 2.26. The summed E-state index contributed by atoms with van der Waals surface area (Å²) in [5.74, 6) is 0.167. The van der Waals surface area contributed by atoms with Crippen molar-refractivity contribution in [3.05, 3.63) is 35.5 Å². The van der Waals surface area contributed by atoms with Gasteiger partial charge in [-0.25, -0.2) is 4.39 Å². The molecule has 0 aliphatic rings. The molecule has 0 aliphatic carbocycles. The van der Waals surface area contributed by atoms with E-state index in [4.69, 9.17) is 10.2 Å². The molecule has 1 unspecified atom stereocenters. The first-order valence-corrected chi connectivity index (χ1v) is 6.38. The third-order valence-electron chi connectivity index (χ3n) is 2.26. The topological polar surface area (TPSA) is 64.9 Å². The number of aromatic nitrogens is 2. The van der Waals surface area contributed by atoms with Crippen LogP contribution in [-0.4, -0.2) is 16.2 Å². The van der Waals surface area contributed by atoms with Gasteiger partial charge in [-0.3, -0.25) is 0 Å². The molecule has 2 aromatic rings. The number of nitrogens with zero attached hydrogens (tertiary/aromatic N) is 2. The second-order valence-corrected chi connectivity index (χ2v) is 5.13. The van der Waals surface area contributed by atoms with Gasteiger partial charge in [-0.2, -0.15) is 0 Å². The monoisotopic (exact) mass is 267 g/mol. The number of aryl methyl sites for hydroxylation is 1. The van der Waals surface area contributed by atoms with Gasteiger partial charge in [0.1, 0.15) is 5.82 Å². The van der Waals surface area contributed by atoms with E-state index in [-0.39, 0.29) is 11.9 Å². The summed E-state index contributed by atoms with van der Waals surface area (Å²) in [4.78, 5) is 0.465. The summed E-state index contributed by atoms with van der Waals surface area (Å²) >= 11 is 1.12. The molecule has 18 heavy (non-hydrogen) atoms. The van der Waals surface area contributed by atoms with E-state index in [1.54, 1.807) is 13.0 Å². The van der Waals surface area contributed by atoms with Crippen LogP contribution in [0.4, 0.5) is 4.39 Å². The fourth-order valence-electron chi connectivity index (χ4n) is 1.54. The zero-order valence-corrected chi connectivity index (χ0v) is 11.0. The molecule has 0 spiro atoms. The number of halogens is 1. The smallest absolute Gasteiger partial charge is 0.281 e. The van der Waals surface area contributed by atoms with Gasteiger partial charge in [-0.05, 0) is 42.8 Å². The Morgan fingerprint density at radius 3 is 2.78 bits per heavy atom. The second kappa shape index (κ2) is 5.49. The molecule has 2 rings (SSSR count). The molecule has 1 aromatic heterocycles. The number of nitrogens with two attached hydrogens (primary N) is 1. The van der Waals surface area contributed by atoms with E-state index in [9.17, 15) is 4.39 Å². The van der Waals surface area contributed by atoms with Crippen LogP contribution in [0.15, 0.2) is 32.7 Å². The minimum absolute atomic E-state index is 0.0153. The number of benzene rings is 1. The molecule has 1 heterocycles. The van der Waals surface area contributed by atoms with Gasteiger partial charge in [-0.15, -0.1) is 10.2 Å². The molecule has 0 aliphatic heterocycles. The summed E-state index contributed by atoms with van der Waals surface area (Å²) in [5.41, 5.74) is 6.56. The zero-order valence-electron chi connectivity index (χ0n) is 10.2. The van der Waals surface area contributed by atoms with Crippen molar-refractivity contribution in [3.63, 3.8) is 0 Å². The predicted molar refractivity (Wildman–Crippen MR) is 66.9 cm³/mol. The lowest BCUT2D eigenvalue weighted by atomic mass is 10.1. The molecule has 0 bridgehead atoms. The Hall–Kier alpha value is -1.40. The summed E-state index contributed by atoms with van der Waals surface area (Å²) in [7, 11) is 0. The van der Waals surface area contributed by atoms with Gasteiger partial charge >= 0.3 is 0 Å². The highest BCUT2D eigenvalue weighted by Crippen LogP contribution is 2.29. The molecule has 0 fully saturated rings. The van der Waals surface area contributed by atoms with E-state index in [1.807, 2.05) is 13.0 Å². The Kier molecular flexibility index (Phi) is 3.98. The number of hydrogen-bond acceptors (Lipinski definition) is 5. The van der Waals surface area contributed by atoms with Crippen LogP contribution in [0.1, 0.15) is 18.4 Å². The fraction of sp³-hybridized carbons (Fsp3) is 0.333. The first kappa shape index (κ1) is 13.0. The van der Waals surface area contributed by atoms with Crippen molar-refractivity contribution in [3.8, 4) is 0 Å². The molecule has 0 saturated heterocycles. The van der Waals surface area contributed by atoms with Gasteiger partial charge in [0.15, 0.2) is 0 Å².